The Morgan fingerprint density at radius 3 is 1.43 bits per heavy atom. The third-order valence-electron chi connectivity index (χ3n) is 2.01. The Bertz CT molecular complexity index is 401. The van der Waals surface area contributed by atoms with E-state index in [1.54, 1.807) is 0 Å². The van der Waals surface area contributed by atoms with Gasteiger partial charge in [-0.2, -0.15) is 0 Å². The summed E-state index contributed by atoms with van der Waals surface area (Å²) in [6, 6.07) is 5.70. The molecule has 8 heteroatoms. The number of hydrogen-bond acceptors (Lipinski definition) is 7. The molecule has 0 unspecified atom stereocenters. The summed E-state index contributed by atoms with van der Waals surface area (Å²) in [7, 11) is 0. The summed E-state index contributed by atoms with van der Waals surface area (Å²) in [5.74, 6) is -1.14. The first-order valence-electron chi connectivity index (χ1n) is 5.84. The van der Waals surface area contributed by atoms with E-state index in [0.717, 1.165) is 0 Å². The molecule has 0 atom stereocenters. The predicted octanol–water partition coefficient (Wildman–Crippen LogP) is -0.314. The Kier molecular flexibility index (Phi) is 10.1. The molecule has 0 aliphatic heterocycles. The van der Waals surface area contributed by atoms with Gasteiger partial charge in [-0.3, -0.25) is 4.79 Å². The zero-order valence-electron chi connectivity index (χ0n) is 11.1. The highest BCUT2D eigenvalue weighted by Crippen LogP contribution is 2.07. The second kappa shape index (κ2) is 11.4. The molecule has 0 amide bonds. The molecule has 116 valence electrons. The summed E-state index contributed by atoms with van der Waals surface area (Å²) in [5, 5.41) is 23.9. The minimum absolute atomic E-state index is 0.0703. The number of rotatable bonds is 6. The van der Waals surface area contributed by atoms with Crippen molar-refractivity contribution in [2.45, 2.75) is 0 Å². The minimum Gasteiger partial charge on any atom is -0.483 e. The number of carbonyl (C=O) groups excluding carboxylic acids is 2. The van der Waals surface area contributed by atoms with Gasteiger partial charge in [0.1, 0.15) is 13.2 Å². The van der Waals surface area contributed by atoms with E-state index in [2.05, 4.69) is 0 Å². The molecule has 3 N–H and O–H groups in total. The van der Waals surface area contributed by atoms with Gasteiger partial charge in [0.25, 0.3) is 6.47 Å². The topological polar surface area (TPSA) is 130 Å². The van der Waals surface area contributed by atoms with E-state index in [1.165, 1.54) is 24.3 Å². The molecule has 1 rings (SSSR count). The summed E-state index contributed by atoms with van der Waals surface area (Å²) in [4.78, 5) is 31.1. The average molecular weight is 300 g/mol. The van der Waals surface area contributed by atoms with Crippen LogP contribution in [0.2, 0.25) is 0 Å². The summed E-state index contributed by atoms with van der Waals surface area (Å²) < 4.78 is 9.41. The second-order valence-electron chi connectivity index (χ2n) is 3.40. The number of carbonyl (C=O) groups is 3. The lowest BCUT2D eigenvalue weighted by molar-refractivity contribution is -0.122. The van der Waals surface area contributed by atoms with E-state index in [1.807, 2.05) is 0 Å². The molecule has 0 heterocycles. The SMILES string of the molecule is O=C(OCCO)c1ccc(C(=O)OCCO)cc1.O=CO. The molecular weight excluding hydrogens is 284 g/mol. The highest BCUT2D eigenvalue weighted by molar-refractivity contribution is 5.93. The molecule has 0 spiro atoms. The van der Waals surface area contributed by atoms with E-state index < -0.39 is 11.9 Å². The second-order valence-corrected chi connectivity index (χ2v) is 3.40. The third kappa shape index (κ3) is 7.65. The molecule has 1 aromatic carbocycles. The van der Waals surface area contributed by atoms with Gasteiger partial charge in [-0.05, 0) is 24.3 Å². The van der Waals surface area contributed by atoms with Crippen molar-refractivity contribution in [3.63, 3.8) is 0 Å². The lowest BCUT2D eigenvalue weighted by atomic mass is 10.1. The summed E-state index contributed by atoms with van der Waals surface area (Å²) in [6.45, 7) is -0.868. The first-order valence-corrected chi connectivity index (χ1v) is 5.84. The number of carboxylic acid groups (broad SMARTS) is 1. The number of aliphatic hydroxyl groups excluding tert-OH is 2. The lowest BCUT2D eigenvalue weighted by Crippen LogP contribution is -2.11. The third-order valence-corrected chi connectivity index (χ3v) is 2.01. The van der Waals surface area contributed by atoms with Gasteiger partial charge in [0.15, 0.2) is 0 Å². The van der Waals surface area contributed by atoms with E-state index in [-0.39, 0.29) is 44.0 Å². The molecule has 0 aliphatic carbocycles. The van der Waals surface area contributed by atoms with Gasteiger partial charge < -0.3 is 24.8 Å². The van der Waals surface area contributed by atoms with Gasteiger partial charge in [0.05, 0.1) is 24.3 Å². The molecule has 0 fully saturated rings. The van der Waals surface area contributed by atoms with Crippen LogP contribution in [-0.4, -0.2) is 60.2 Å². The van der Waals surface area contributed by atoms with Crippen molar-refractivity contribution in [3.8, 4) is 0 Å². The van der Waals surface area contributed by atoms with Gasteiger partial charge >= 0.3 is 11.9 Å². The van der Waals surface area contributed by atoms with Gasteiger partial charge in [-0.15, -0.1) is 0 Å². The molecule has 1 aromatic rings. The maximum Gasteiger partial charge on any atom is 0.338 e. The zero-order chi connectivity index (χ0) is 16.1. The highest BCUT2D eigenvalue weighted by Gasteiger charge is 2.10. The Balaban J connectivity index is 0.00000122. The average Bonchev–Trinajstić information content (AvgIpc) is 2.51. The van der Waals surface area contributed by atoms with Crippen LogP contribution in [0.1, 0.15) is 20.7 Å². The van der Waals surface area contributed by atoms with E-state index in [9.17, 15) is 9.59 Å². The van der Waals surface area contributed by atoms with Crippen molar-refractivity contribution < 1.29 is 39.2 Å². The number of hydrogen-bond donors (Lipinski definition) is 3. The molecule has 0 saturated heterocycles. The van der Waals surface area contributed by atoms with Crippen molar-refractivity contribution >= 4 is 18.4 Å². The van der Waals surface area contributed by atoms with Gasteiger partial charge in [0.2, 0.25) is 0 Å². The van der Waals surface area contributed by atoms with Crippen LogP contribution in [0, 0.1) is 0 Å². The fourth-order valence-corrected chi connectivity index (χ4v) is 1.19. The number of esters is 2. The molecule has 8 nitrogen and oxygen atoms in total. The van der Waals surface area contributed by atoms with Gasteiger partial charge in [0, 0.05) is 0 Å². The Labute approximate surface area is 120 Å². The highest BCUT2D eigenvalue weighted by atomic mass is 16.5. The summed E-state index contributed by atoms with van der Waals surface area (Å²) in [6.07, 6.45) is 0. The minimum atomic E-state index is -0.570. The predicted molar refractivity (Wildman–Crippen MR) is 69.9 cm³/mol. The Hall–Kier alpha value is -2.45. The molecule has 0 bridgehead atoms. The normalized spacial score (nSPS) is 9.05. The fourth-order valence-electron chi connectivity index (χ4n) is 1.19. The lowest BCUT2D eigenvalue weighted by Gasteiger charge is -2.05. The number of benzene rings is 1. The Morgan fingerprint density at radius 1 is 0.905 bits per heavy atom. The first kappa shape index (κ1) is 18.6. The molecular formula is C13H16O8. The van der Waals surface area contributed by atoms with Crippen LogP contribution >= 0.6 is 0 Å². The summed E-state index contributed by atoms with van der Waals surface area (Å²) >= 11 is 0. The van der Waals surface area contributed by atoms with Crippen molar-refractivity contribution in [2.75, 3.05) is 26.4 Å². The van der Waals surface area contributed by atoms with Crippen LogP contribution in [0.3, 0.4) is 0 Å². The first-order chi connectivity index (χ1) is 10.1. The van der Waals surface area contributed by atoms with Gasteiger partial charge in [-0.1, -0.05) is 0 Å². The summed E-state index contributed by atoms with van der Waals surface area (Å²) in [5.41, 5.74) is 0.560. The van der Waals surface area contributed by atoms with E-state index in [4.69, 9.17) is 29.6 Å². The van der Waals surface area contributed by atoms with E-state index in [0.29, 0.717) is 0 Å². The maximum atomic E-state index is 11.4. The van der Waals surface area contributed by atoms with E-state index >= 15 is 0 Å². The largest absolute Gasteiger partial charge is 0.483 e. The van der Waals surface area contributed by atoms with Crippen LogP contribution in [0.25, 0.3) is 0 Å². The van der Waals surface area contributed by atoms with Crippen LogP contribution < -0.4 is 0 Å². The number of ether oxygens (including phenoxy) is 2. The molecule has 0 aliphatic rings. The molecule has 0 aromatic heterocycles. The standard InChI is InChI=1S/C12H14O6.CH2O2/c13-5-7-17-11(15)9-1-2-10(4-3-9)12(16)18-8-6-14;2-1-3/h1-4,13-14H,5-8H2;1H,(H,2,3). The smallest absolute Gasteiger partial charge is 0.338 e. The van der Waals surface area contributed by atoms with Crippen LogP contribution in [-0.2, 0) is 14.3 Å². The molecule has 0 radical (unpaired) electrons. The Morgan fingerprint density at radius 2 is 1.19 bits per heavy atom. The quantitative estimate of drug-likeness (QED) is 0.481. The number of aliphatic hydroxyl groups is 2. The molecule has 0 saturated carbocycles. The van der Waals surface area contributed by atoms with Gasteiger partial charge in [-0.25, -0.2) is 9.59 Å². The van der Waals surface area contributed by atoms with Crippen LogP contribution in [0.5, 0.6) is 0 Å². The van der Waals surface area contributed by atoms with Crippen molar-refractivity contribution in [2.24, 2.45) is 0 Å². The van der Waals surface area contributed by atoms with Crippen LogP contribution in [0.4, 0.5) is 0 Å². The molecule has 21 heavy (non-hydrogen) atoms. The maximum absolute atomic E-state index is 11.4. The fraction of sp³-hybridized carbons (Fsp3) is 0.308. The van der Waals surface area contributed by atoms with Crippen LogP contribution in [0.15, 0.2) is 24.3 Å². The monoisotopic (exact) mass is 300 g/mol. The van der Waals surface area contributed by atoms with Crippen molar-refractivity contribution in [1.29, 1.82) is 0 Å². The van der Waals surface area contributed by atoms with Crippen molar-refractivity contribution in [3.05, 3.63) is 35.4 Å². The zero-order valence-corrected chi connectivity index (χ0v) is 11.1. The van der Waals surface area contributed by atoms with Crippen molar-refractivity contribution in [1.82, 2.24) is 0 Å².